The first-order valence-corrected chi connectivity index (χ1v) is 18.1. The summed E-state index contributed by atoms with van der Waals surface area (Å²) in [5.74, 6) is 0.945. The highest BCUT2D eigenvalue weighted by molar-refractivity contribution is 6.11. The summed E-state index contributed by atoms with van der Waals surface area (Å²) < 4.78 is 79.5. The molecular formula is C51H32N4O. The third-order valence-electron chi connectivity index (χ3n) is 10.1. The Labute approximate surface area is 334 Å². The van der Waals surface area contributed by atoms with Crippen LogP contribution in [0, 0.1) is 0 Å². The highest BCUT2D eigenvalue weighted by atomic mass is 16.3. The van der Waals surface area contributed by atoms with Gasteiger partial charge in [0.05, 0.1) is 27.7 Å². The van der Waals surface area contributed by atoms with Crippen molar-refractivity contribution >= 4 is 43.7 Å². The molecule has 0 fully saturated rings. The van der Waals surface area contributed by atoms with Gasteiger partial charge in [-0.2, -0.15) is 0 Å². The van der Waals surface area contributed by atoms with Crippen LogP contribution >= 0.6 is 0 Å². The molecule has 8 aromatic carbocycles. The Morgan fingerprint density at radius 2 is 0.946 bits per heavy atom. The number of hydrogen-bond acceptors (Lipinski definition) is 4. The van der Waals surface area contributed by atoms with E-state index in [1.165, 1.54) is 4.57 Å². The number of benzene rings is 8. The highest BCUT2D eigenvalue weighted by Crippen LogP contribution is 2.41. The van der Waals surface area contributed by atoms with E-state index in [0.717, 1.165) is 38.6 Å². The van der Waals surface area contributed by atoms with Crippen LogP contribution in [0.3, 0.4) is 0 Å². The van der Waals surface area contributed by atoms with E-state index in [4.69, 9.17) is 27.6 Å². The number of para-hydroxylation sites is 4. The van der Waals surface area contributed by atoms with E-state index in [-0.39, 0.29) is 27.6 Å². The molecule has 0 spiro atoms. The third-order valence-corrected chi connectivity index (χ3v) is 10.1. The van der Waals surface area contributed by atoms with Gasteiger partial charge in [0.2, 0.25) is 0 Å². The van der Waals surface area contributed by atoms with Crippen molar-refractivity contribution in [2.45, 2.75) is 0 Å². The molecular weight excluding hydrogens is 685 g/mol. The number of nitrogens with zero attached hydrogens (tertiary/aromatic N) is 4. The molecule has 3 heterocycles. The summed E-state index contributed by atoms with van der Waals surface area (Å²) in [6, 6.07) is 43.0. The lowest BCUT2D eigenvalue weighted by molar-refractivity contribution is 0.670. The Kier molecular flexibility index (Phi) is 5.74. The number of aromatic nitrogens is 4. The Balaban J connectivity index is 1.25. The highest BCUT2D eigenvalue weighted by Gasteiger charge is 2.21. The lowest BCUT2D eigenvalue weighted by Gasteiger charge is -2.16. The Bertz CT molecular complexity index is 3630. The standard InChI is InChI=1S/C51H32N4O/c1-3-14-33(15-4-1)34-26-28-36(29-27-34)50-52-49(35-16-5-2-6-17-35)53-51(54-50)43-32-37(38-21-13-22-42-41-20-9-12-25-47(41)56-48(38)42)30-31-46(43)55-44-23-10-7-18-39(44)40-19-8-11-24-45(40)55/h1-32H/i7D,8D,10D,11D,18D,19D,23D,24D. The van der Waals surface area contributed by atoms with Crippen LogP contribution in [0.25, 0.3) is 106 Å². The number of furan rings is 1. The molecule has 3 aromatic heterocycles. The van der Waals surface area contributed by atoms with Gasteiger partial charge in [-0.3, -0.25) is 0 Å². The molecule has 0 saturated heterocycles. The molecule has 56 heavy (non-hydrogen) atoms. The molecule has 0 amide bonds. The maximum absolute atomic E-state index is 9.28. The second kappa shape index (κ2) is 13.0. The van der Waals surface area contributed by atoms with E-state index >= 15 is 0 Å². The van der Waals surface area contributed by atoms with Crippen molar-refractivity contribution in [1.29, 1.82) is 0 Å². The summed E-state index contributed by atoms with van der Waals surface area (Å²) in [5, 5.41) is 1.81. The summed E-state index contributed by atoms with van der Waals surface area (Å²) in [4.78, 5) is 15.2. The van der Waals surface area contributed by atoms with Crippen LogP contribution in [0.1, 0.15) is 11.0 Å². The topological polar surface area (TPSA) is 56.7 Å². The molecule has 0 aliphatic heterocycles. The third kappa shape index (κ3) is 5.29. The first kappa shape index (κ1) is 24.6. The maximum Gasteiger partial charge on any atom is 0.166 e. The van der Waals surface area contributed by atoms with Crippen molar-refractivity contribution in [3.05, 3.63) is 194 Å². The summed E-state index contributed by atoms with van der Waals surface area (Å²) in [7, 11) is 0. The normalized spacial score (nSPS) is 13.6. The van der Waals surface area contributed by atoms with Gasteiger partial charge in [0, 0.05) is 43.8 Å². The Morgan fingerprint density at radius 3 is 1.66 bits per heavy atom. The predicted octanol–water partition coefficient (Wildman–Crippen LogP) is 13.2. The van der Waals surface area contributed by atoms with E-state index in [1.807, 2.05) is 140 Å². The van der Waals surface area contributed by atoms with Crippen LogP contribution in [0.2, 0.25) is 0 Å². The second-order valence-electron chi connectivity index (χ2n) is 13.4. The number of fused-ring (bicyclic) bond motifs is 6. The lowest BCUT2D eigenvalue weighted by Crippen LogP contribution is -2.04. The van der Waals surface area contributed by atoms with Gasteiger partial charge in [-0.15, -0.1) is 0 Å². The van der Waals surface area contributed by atoms with E-state index in [9.17, 15) is 2.74 Å². The maximum atomic E-state index is 9.28. The van der Waals surface area contributed by atoms with Crippen molar-refractivity contribution in [2.75, 3.05) is 0 Å². The lowest BCUT2D eigenvalue weighted by atomic mass is 9.98. The molecule has 0 saturated carbocycles. The Morgan fingerprint density at radius 1 is 0.411 bits per heavy atom. The first-order chi connectivity index (χ1) is 31.1. The fourth-order valence-electron chi connectivity index (χ4n) is 7.50. The average Bonchev–Trinajstić information content (AvgIpc) is 3.91. The van der Waals surface area contributed by atoms with Crippen LogP contribution in [-0.4, -0.2) is 19.5 Å². The smallest absolute Gasteiger partial charge is 0.166 e. The summed E-state index contributed by atoms with van der Waals surface area (Å²) in [5.41, 5.74) is 7.03. The second-order valence-corrected chi connectivity index (χ2v) is 13.4. The van der Waals surface area contributed by atoms with Crippen LogP contribution in [0.5, 0.6) is 0 Å². The van der Waals surface area contributed by atoms with Gasteiger partial charge >= 0.3 is 0 Å². The van der Waals surface area contributed by atoms with E-state index in [2.05, 4.69) is 0 Å². The molecule has 0 radical (unpaired) electrons. The van der Waals surface area contributed by atoms with Crippen molar-refractivity contribution < 1.29 is 15.4 Å². The SMILES string of the molecule is [2H]c1c([2H])c([2H])c2c(c1[2H])c1c([2H])c([2H])c([2H])c([2H])c1n2-c1ccc(-c2cccc3c2oc2ccccc23)cc1-c1nc(-c2ccccc2)nc(-c2ccc(-c3ccccc3)cc2)n1. The van der Waals surface area contributed by atoms with Crippen LogP contribution in [0.15, 0.2) is 198 Å². The monoisotopic (exact) mass is 724 g/mol. The van der Waals surface area contributed by atoms with Crippen molar-refractivity contribution in [2.24, 2.45) is 0 Å². The average molecular weight is 725 g/mol. The largest absolute Gasteiger partial charge is 0.455 e. The first-order valence-electron chi connectivity index (χ1n) is 22.1. The molecule has 0 atom stereocenters. The summed E-state index contributed by atoms with van der Waals surface area (Å²) in [6.45, 7) is 0. The molecule has 5 heteroatoms. The molecule has 0 aliphatic rings. The van der Waals surface area contributed by atoms with Crippen LogP contribution < -0.4 is 0 Å². The van der Waals surface area contributed by atoms with Crippen molar-refractivity contribution in [1.82, 2.24) is 19.5 Å². The van der Waals surface area contributed by atoms with E-state index < -0.39 is 48.3 Å². The van der Waals surface area contributed by atoms with Crippen LogP contribution in [-0.2, 0) is 0 Å². The number of rotatable bonds is 6. The van der Waals surface area contributed by atoms with E-state index in [0.29, 0.717) is 39.6 Å². The minimum Gasteiger partial charge on any atom is -0.455 e. The molecule has 262 valence electrons. The molecule has 0 N–H and O–H groups in total. The molecule has 5 nitrogen and oxygen atoms in total. The van der Waals surface area contributed by atoms with Crippen molar-refractivity contribution in [3.63, 3.8) is 0 Å². The minimum atomic E-state index is -0.522. The van der Waals surface area contributed by atoms with Gasteiger partial charge in [-0.25, -0.2) is 15.0 Å². The van der Waals surface area contributed by atoms with Gasteiger partial charge in [0.25, 0.3) is 0 Å². The minimum absolute atomic E-state index is 0.0181. The van der Waals surface area contributed by atoms with Gasteiger partial charge < -0.3 is 8.98 Å². The van der Waals surface area contributed by atoms with Gasteiger partial charge in [0.15, 0.2) is 17.5 Å². The van der Waals surface area contributed by atoms with Gasteiger partial charge in [-0.05, 0) is 47.0 Å². The predicted molar refractivity (Wildman–Crippen MR) is 229 cm³/mol. The molecule has 0 aliphatic carbocycles. The molecule has 11 aromatic rings. The quantitative estimate of drug-likeness (QED) is 0.171. The summed E-state index contributed by atoms with van der Waals surface area (Å²) >= 11 is 0. The van der Waals surface area contributed by atoms with Crippen molar-refractivity contribution in [3.8, 4) is 62.1 Å². The fourth-order valence-corrected chi connectivity index (χ4v) is 7.50. The van der Waals surface area contributed by atoms with Gasteiger partial charge in [0.1, 0.15) is 11.2 Å². The van der Waals surface area contributed by atoms with E-state index in [1.54, 1.807) is 6.07 Å². The zero-order chi connectivity index (χ0) is 44.0. The van der Waals surface area contributed by atoms with Crippen LogP contribution in [0.4, 0.5) is 0 Å². The fraction of sp³-hybridized carbons (Fsp3) is 0. The molecule has 0 bridgehead atoms. The Hall–Kier alpha value is -7.63. The summed E-state index contributed by atoms with van der Waals surface area (Å²) in [6.07, 6.45) is 0. The zero-order valence-corrected chi connectivity index (χ0v) is 29.6. The molecule has 11 rings (SSSR count). The number of hydrogen-bond donors (Lipinski definition) is 0. The van der Waals surface area contributed by atoms with Gasteiger partial charge in [-0.1, -0.05) is 164 Å². The zero-order valence-electron chi connectivity index (χ0n) is 37.6. The molecule has 0 unspecified atom stereocenters.